The first kappa shape index (κ1) is 13.4. The first-order chi connectivity index (χ1) is 8.99. The molecule has 0 heterocycles. The quantitative estimate of drug-likeness (QED) is 0.909. The van der Waals surface area contributed by atoms with Crippen LogP contribution in [0.2, 0.25) is 5.02 Å². The smallest absolute Gasteiger partial charge is 0.261 e. The van der Waals surface area contributed by atoms with Crippen LogP contribution in [0, 0.1) is 6.92 Å². The average molecular weight is 276 g/mol. The fourth-order valence-corrected chi connectivity index (χ4v) is 1.92. The summed E-state index contributed by atoms with van der Waals surface area (Å²) in [5.41, 5.74) is 2.12. The number of phenols is 1. The van der Waals surface area contributed by atoms with Crippen molar-refractivity contribution in [3.05, 3.63) is 58.6 Å². The molecule has 0 bridgehead atoms. The Hall–Kier alpha value is -2.00. The summed E-state index contributed by atoms with van der Waals surface area (Å²) in [7, 11) is 1.67. The fourth-order valence-electron chi connectivity index (χ4n) is 1.75. The van der Waals surface area contributed by atoms with Gasteiger partial charge in [0.25, 0.3) is 5.91 Å². The van der Waals surface area contributed by atoms with Crippen LogP contribution < -0.4 is 4.90 Å². The van der Waals surface area contributed by atoms with Gasteiger partial charge in [0.1, 0.15) is 5.75 Å². The maximum atomic E-state index is 12.3. The van der Waals surface area contributed by atoms with Gasteiger partial charge >= 0.3 is 0 Å². The molecule has 0 radical (unpaired) electrons. The van der Waals surface area contributed by atoms with E-state index in [0.29, 0.717) is 5.02 Å². The largest absolute Gasteiger partial charge is 0.507 e. The number of hydrogen-bond donors (Lipinski definition) is 1. The number of aromatic hydroxyl groups is 1. The lowest BCUT2D eigenvalue weighted by atomic mass is 10.1. The molecular weight excluding hydrogens is 262 g/mol. The summed E-state index contributed by atoms with van der Waals surface area (Å²) in [5.74, 6) is -0.394. The molecular formula is C15H14ClNO2. The van der Waals surface area contributed by atoms with E-state index in [4.69, 9.17) is 11.6 Å². The molecule has 2 aromatic carbocycles. The molecule has 0 aliphatic carbocycles. The lowest BCUT2D eigenvalue weighted by Gasteiger charge is -2.18. The molecule has 0 spiro atoms. The van der Waals surface area contributed by atoms with Crippen molar-refractivity contribution in [1.29, 1.82) is 0 Å². The number of rotatable bonds is 2. The zero-order valence-corrected chi connectivity index (χ0v) is 11.5. The van der Waals surface area contributed by atoms with E-state index in [1.807, 2.05) is 31.2 Å². The molecule has 0 aliphatic heterocycles. The lowest BCUT2D eigenvalue weighted by Crippen LogP contribution is -2.26. The Kier molecular flexibility index (Phi) is 3.76. The number of carbonyl (C=O) groups is 1. The van der Waals surface area contributed by atoms with Gasteiger partial charge in [-0.1, -0.05) is 29.3 Å². The van der Waals surface area contributed by atoms with Crippen molar-refractivity contribution in [2.75, 3.05) is 11.9 Å². The molecule has 3 nitrogen and oxygen atoms in total. The SMILES string of the molecule is Cc1ccc(N(C)C(=O)c2ccc(Cl)cc2O)cc1. The minimum absolute atomic E-state index is 0.114. The summed E-state index contributed by atoms with van der Waals surface area (Å²) in [6.45, 7) is 1.98. The summed E-state index contributed by atoms with van der Waals surface area (Å²) in [5, 5.41) is 10.2. The summed E-state index contributed by atoms with van der Waals surface area (Å²) in [6, 6.07) is 12.0. The van der Waals surface area contributed by atoms with Gasteiger partial charge in [0.05, 0.1) is 5.56 Å². The van der Waals surface area contributed by atoms with Crippen molar-refractivity contribution in [2.24, 2.45) is 0 Å². The fraction of sp³-hybridized carbons (Fsp3) is 0.133. The Balaban J connectivity index is 2.30. The highest BCUT2D eigenvalue weighted by Gasteiger charge is 2.17. The summed E-state index contributed by atoms with van der Waals surface area (Å²) in [6.07, 6.45) is 0. The number of carbonyl (C=O) groups excluding carboxylic acids is 1. The molecule has 0 aliphatic rings. The van der Waals surface area contributed by atoms with E-state index in [0.717, 1.165) is 11.3 Å². The van der Waals surface area contributed by atoms with Crippen LogP contribution in [-0.2, 0) is 0 Å². The normalized spacial score (nSPS) is 10.3. The molecule has 2 rings (SSSR count). The number of halogens is 1. The lowest BCUT2D eigenvalue weighted by molar-refractivity contribution is 0.0990. The molecule has 1 amide bonds. The highest BCUT2D eigenvalue weighted by atomic mass is 35.5. The zero-order chi connectivity index (χ0) is 14.0. The number of hydrogen-bond acceptors (Lipinski definition) is 2. The third-order valence-electron chi connectivity index (χ3n) is 2.92. The van der Waals surface area contributed by atoms with Crippen molar-refractivity contribution in [2.45, 2.75) is 6.92 Å². The second kappa shape index (κ2) is 5.33. The number of anilines is 1. The van der Waals surface area contributed by atoms with E-state index < -0.39 is 0 Å². The van der Waals surface area contributed by atoms with Crippen LogP contribution in [0.25, 0.3) is 0 Å². The van der Waals surface area contributed by atoms with Crippen molar-refractivity contribution >= 4 is 23.2 Å². The van der Waals surface area contributed by atoms with Crippen molar-refractivity contribution < 1.29 is 9.90 Å². The Morgan fingerprint density at radius 3 is 2.37 bits per heavy atom. The van der Waals surface area contributed by atoms with E-state index >= 15 is 0 Å². The third-order valence-corrected chi connectivity index (χ3v) is 3.15. The average Bonchev–Trinajstić information content (AvgIpc) is 2.38. The molecule has 19 heavy (non-hydrogen) atoms. The van der Waals surface area contributed by atoms with E-state index in [2.05, 4.69) is 0 Å². The van der Waals surface area contributed by atoms with Gasteiger partial charge in [-0.3, -0.25) is 4.79 Å². The molecule has 0 atom stereocenters. The number of amides is 1. The number of benzene rings is 2. The molecule has 0 saturated heterocycles. The van der Waals surface area contributed by atoms with Crippen LogP contribution in [0.3, 0.4) is 0 Å². The summed E-state index contributed by atoms with van der Waals surface area (Å²) < 4.78 is 0. The molecule has 1 N–H and O–H groups in total. The first-order valence-electron chi connectivity index (χ1n) is 5.82. The summed E-state index contributed by atoms with van der Waals surface area (Å²) in [4.78, 5) is 13.8. The van der Waals surface area contributed by atoms with E-state index in [-0.39, 0.29) is 17.2 Å². The highest BCUT2D eigenvalue weighted by molar-refractivity contribution is 6.31. The maximum absolute atomic E-state index is 12.3. The monoisotopic (exact) mass is 275 g/mol. The molecule has 0 aromatic heterocycles. The third kappa shape index (κ3) is 2.88. The molecule has 98 valence electrons. The molecule has 0 fully saturated rings. The Morgan fingerprint density at radius 1 is 1.16 bits per heavy atom. The van der Waals surface area contributed by atoms with Crippen LogP contribution in [-0.4, -0.2) is 18.1 Å². The van der Waals surface area contributed by atoms with E-state index in [9.17, 15) is 9.90 Å². The van der Waals surface area contributed by atoms with Crippen molar-refractivity contribution in [1.82, 2.24) is 0 Å². The van der Waals surface area contributed by atoms with E-state index in [1.54, 1.807) is 13.1 Å². The number of aryl methyl sites for hydroxylation is 1. The predicted molar refractivity (Wildman–Crippen MR) is 77.0 cm³/mol. The number of phenolic OH excluding ortho intramolecular Hbond substituents is 1. The van der Waals surface area contributed by atoms with Crippen LogP contribution in [0.4, 0.5) is 5.69 Å². The van der Waals surface area contributed by atoms with Gasteiger partial charge in [0, 0.05) is 17.8 Å². The molecule has 0 unspecified atom stereocenters. The first-order valence-corrected chi connectivity index (χ1v) is 6.20. The van der Waals surface area contributed by atoms with Gasteiger partial charge in [0.15, 0.2) is 0 Å². The Bertz CT molecular complexity index is 608. The minimum Gasteiger partial charge on any atom is -0.507 e. The standard InChI is InChI=1S/C15H14ClNO2/c1-10-3-6-12(7-4-10)17(2)15(19)13-8-5-11(16)9-14(13)18/h3-9,18H,1-2H3. The van der Waals surface area contributed by atoms with Gasteiger partial charge < -0.3 is 10.0 Å². The van der Waals surface area contributed by atoms with Crippen LogP contribution >= 0.6 is 11.6 Å². The van der Waals surface area contributed by atoms with Gasteiger partial charge in [-0.25, -0.2) is 0 Å². The topological polar surface area (TPSA) is 40.5 Å². The second-order valence-corrected chi connectivity index (χ2v) is 4.80. The van der Waals surface area contributed by atoms with Crippen LogP contribution in [0.1, 0.15) is 15.9 Å². The zero-order valence-electron chi connectivity index (χ0n) is 10.7. The predicted octanol–water partition coefficient (Wildman–Crippen LogP) is 3.63. The van der Waals surface area contributed by atoms with Gasteiger partial charge in [-0.05, 0) is 37.3 Å². The molecule has 0 saturated carbocycles. The van der Waals surface area contributed by atoms with E-state index in [1.165, 1.54) is 17.0 Å². The molecule has 4 heteroatoms. The highest BCUT2D eigenvalue weighted by Crippen LogP contribution is 2.25. The van der Waals surface area contributed by atoms with Crippen LogP contribution in [0.15, 0.2) is 42.5 Å². The number of nitrogens with zero attached hydrogens (tertiary/aromatic N) is 1. The van der Waals surface area contributed by atoms with Gasteiger partial charge in [0.2, 0.25) is 0 Å². The molecule has 2 aromatic rings. The van der Waals surface area contributed by atoms with Crippen LogP contribution in [0.5, 0.6) is 5.75 Å². The van der Waals surface area contributed by atoms with Crippen molar-refractivity contribution in [3.63, 3.8) is 0 Å². The Labute approximate surface area is 117 Å². The second-order valence-electron chi connectivity index (χ2n) is 4.36. The van der Waals surface area contributed by atoms with Crippen molar-refractivity contribution in [3.8, 4) is 5.75 Å². The van der Waals surface area contributed by atoms with Gasteiger partial charge in [-0.15, -0.1) is 0 Å². The Morgan fingerprint density at radius 2 is 1.79 bits per heavy atom. The summed E-state index contributed by atoms with van der Waals surface area (Å²) >= 11 is 5.75. The minimum atomic E-state index is -0.280. The maximum Gasteiger partial charge on any atom is 0.261 e. The van der Waals surface area contributed by atoms with Gasteiger partial charge in [-0.2, -0.15) is 0 Å².